The van der Waals surface area contributed by atoms with Crippen LogP contribution >= 0.6 is 0 Å². The molecule has 0 unspecified atom stereocenters. The van der Waals surface area contributed by atoms with Crippen LogP contribution < -0.4 is 10.1 Å². The molecule has 0 aliphatic carbocycles. The first-order valence-electron chi connectivity index (χ1n) is 9.64. The van der Waals surface area contributed by atoms with E-state index in [1.165, 1.54) is 0 Å². The van der Waals surface area contributed by atoms with Crippen molar-refractivity contribution in [2.75, 3.05) is 26.9 Å². The summed E-state index contributed by atoms with van der Waals surface area (Å²) in [5, 5.41) is 4.03. The van der Waals surface area contributed by atoms with Crippen LogP contribution in [-0.2, 0) is 4.74 Å². The van der Waals surface area contributed by atoms with Crippen molar-refractivity contribution in [2.45, 2.75) is 12.8 Å². The molecule has 1 aliphatic rings. The molecule has 0 radical (unpaired) electrons. The summed E-state index contributed by atoms with van der Waals surface area (Å²) in [7, 11) is 1.64. The number of pyridine rings is 1. The van der Waals surface area contributed by atoms with E-state index in [2.05, 4.69) is 10.3 Å². The number of rotatable bonds is 6. The summed E-state index contributed by atoms with van der Waals surface area (Å²) in [4.78, 5) is 17.1. The monoisotopic (exact) mass is 376 g/mol. The maximum atomic E-state index is 12.6. The Morgan fingerprint density at radius 1 is 1.25 bits per heavy atom. The average Bonchev–Trinajstić information content (AvgIpc) is 3.26. The van der Waals surface area contributed by atoms with Gasteiger partial charge in [0.1, 0.15) is 11.3 Å². The van der Waals surface area contributed by atoms with E-state index in [0.717, 1.165) is 53.8 Å². The lowest BCUT2D eigenvalue weighted by molar-refractivity contribution is 0.0950. The summed E-state index contributed by atoms with van der Waals surface area (Å²) in [5.41, 5.74) is 3.49. The average molecular weight is 376 g/mol. The molecule has 1 N–H and O–H groups in total. The van der Waals surface area contributed by atoms with Gasteiger partial charge in [-0.25, -0.2) is 0 Å². The number of hydrogen-bond acceptors (Lipinski definition) is 4. The predicted molar refractivity (Wildman–Crippen MR) is 110 cm³/mol. The number of methoxy groups -OCH3 is 1. The number of nitrogens with zero attached hydrogens (tertiary/aromatic N) is 1. The maximum absolute atomic E-state index is 12.6. The predicted octanol–water partition coefficient (Wildman–Crippen LogP) is 4.07. The number of carbonyl (C=O) groups is 1. The zero-order valence-electron chi connectivity index (χ0n) is 16.0. The summed E-state index contributed by atoms with van der Waals surface area (Å²) in [6, 6.07) is 15.6. The molecule has 3 aromatic rings. The Morgan fingerprint density at radius 3 is 3.00 bits per heavy atom. The molecule has 1 fully saturated rings. The van der Waals surface area contributed by atoms with Crippen molar-refractivity contribution in [2.24, 2.45) is 5.92 Å². The van der Waals surface area contributed by atoms with Crippen LogP contribution in [0.15, 0.2) is 54.7 Å². The van der Waals surface area contributed by atoms with E-state index in [1.807, 2.05) is 48.5 Å². The first kappa shape index (κ1) is 18.4. The molecular formula is C23H24N2O3. The first-order chi connectivity index (χ1) is 13.8. The normalized spacial score (nSPS) is 16.2. The molecule has 0 saturated carbocycles. The van der Waals surface area contributed by atoms with Crippen molar-refractivity contribution < 1.29 is 14.3 Å². The minimum Gasteiger partial charge on any atom is -0.494 e. The standard InChI is InChI=1S/C23H24N2O3/c1-27-21-8-7-19(20-6-3-11-24-22(20)21)17-4-2-5-18(14-17)23(26)25-12-9-16-10-13-28-15-16/h2-8,11,14,16H,9-10,12-13,15H2,1H3,(H,25,26)/t16-/m1/s1. The van der Waals surface area contributed by atoms with Gasteiger partial charge in [-0.05, 0) is 60.2 Å². The molecular weight excluding hydrogens is 352 g/mol. The Balaban J connectivity index is 1.55. The molecule has 4 rings (SSSR count). The number of hydrogen-bond donors (Lipinski definition) is 1. The van der Waals surface area contributed by atoms with E-state index >= 15 is 0 Å². The Hall–Kier alpha value is -2.92. The molecule has 2 heterocycles. The first-order valence-corrected chi connectivity index (χ1v) is 9.64. The lowest BCUT2D eigenvalue weighted by Gasteiger charge is -2.12. The maximum Gasteiger partial charge on any atom is 0.251 e. The quantitative estimate of drug-likeness (QED) is 0.705. The van der Waals surface area contributed by atoms with Gasteiger partial charge in [-0.15, -0.1) is 0 Å². The molecule has 5 nitrogen and oxygen atoms in total. The highest BCUT2D eigenvalue weighted by Gasteiger charge is 2.16. The van der Waals surface area contributed by atoms with Crippen molar-refractivity contribution in [3.05, 3.63) is 60.3 Å². The SMILES string of the molecule is COc1ccc(-c2cccc(C(=O)NCC[C@@H]3CCOC3)c2)c2cccnc12. The third-order valence-electron chi connectivity index (χ3n) is 5.25. The van der Waals surface area contributed by atoms with E-state index in [4.69, 9.17) is 9.47 Å². The lowest BCUT2D eigenvalue weighted by Crippen LogP contribution is -2.26. The third-order valence-corrected chi connectivity index (χ3v) is 5.25. The van der Waals surface area contributed by atoms with Crippen LogP contribution in [0.25, 0.3) is 22.0 Å². The second-order valence-corrected chi connectivity index (χ2v) is 7.07. The van der Waals surface area contributed by atoms with E-state index in [9.17, 15) is 4.79 Å². The van der Waals surface area contributed by atoms with E-state index in [0.29, 0.717) is 18.0 Å². The van der Waals surface area contributed by atoms with Gasteiger partial charge in [-0.2, -0.15) is 0 Å². The summed E-state index contributed by atoms with van der Waals surface area (Å²) in [6.45, 7) is 2.32. The van der Waals surface area contributed by atoms with Gasteiger partial charge in [-0.1, -0.05) is 18.2 Å². The summed E-state index contributed by atoms with van der Waals surface area (Å²) >= 11 is 0. The fraction of sp³-hybridized carbons (Fsp3) is 0.304. The molecule has 1 atom stereocenters. The topological polar surface area (TPSA) is 60.5 Å². The van der Waals surface area contributed by atoms with Crippen LogP contribution in [0.2, 0.25) is 0 Å². The highest BCUT2D eigenvalue weighted by atomic mass is 16.5. The fourth-order valence-electron chi connectivity index (χ4n) is 3.69. The van der Waals surface area contributed by atoms with Crippen LogP contribution in [0, 0.1) is 5.92 Å². The van der Waals surface area contributed by atoms with Crippen LogP contribution in [0.4, 0.5) is 0 Å². The number of carbonyl (C=O) groups excluding carboxylic acids is 1. The van der Waals surface area contributed by atoms with Crippen LogP contribution in [0.3, 0.4) is 0 Å². The molecule has 1 aliphatic heterocycles. The number of benzene rings is 2. The Kier molecular flexibility index (Phi) is 5.53. The summed E-state index contributed by atoms with van der Waals surface area (Å²) < 4.78 is 10.8. The van der Waals surface area contributed by atoms with Crippen molar-refractivity contribution in [1.82, 2.24) is 10.3 Å². The molecule has 1 aromatic heterocycles. The smallest absolute Gasteiger partial charge is 0.251 e. The van der Waals surface area contributed by atoms with Crippen LogP contribution in [0.1, 0.15) is 23.2 Å². The van der Waals surface area contributed by atoms with E-state index < -0.39 is 0 Å². The highest BCUT2D eigenvalue weighted by Crippen LogP contribution is 2.33. The number of fused-ring (bicyclic) bond motifs is 1. The molecule has 28 heavy (non-hydrogen) atoms. The van der Waals surface area contributed by atoms with Gasteiger partial charge < -0.3 is 14.8 Å². The number of amides is 1. The van der Waals surface area contributed by atoms with Gasteiger partial charge >= 0.3 is 0 Å². The minimum atomic E-state index is -0.0447. The van der Waals surface area contributed by atoms with Crippen molar-refractivity contribution in [3.8, 4) is 16.9 Å². The van der Waals surface area contributed by atoms with Crippen molar-refractivity contribution in [1.29, 1.82) is 0 Å². The van der Waals surface area contributed by atoms with Crippen molar-refractivity contribution >= 4 is 16.8 Å². The second-order valence-electron chi connectivity index (χ2n) is 7.07. The van der Waals surface area contributed by atoms with Crippen molar-refractivity contribution in [3.63, 3.8) is 0 Å². The zero-order valence-corrected chi connectivity index (χ0v) is 16.0. The zero-order chi connectivity index (χ0) is 19.3. The number of aromatic nitrogens is 1. The number of ether oxygens (including phenoxy) is 2. The van der Waals surface area contributed by atoms with Gasteiger partial charge in [0.2, 0.25) is 0 Å². The molecule has 0 spiro atoms. The van der Waals surface area contributed by atoms with Crippen LogP contribution in [-0.4, -0.2) is 37.8 Å². The molecule has 144 valence electrons. The second kappa shape index (κ2) is 8.40. The minimum absolute atomic E-state index is 0.0447. The molecule has 5 heteroatoms. The summed E-state index contributed by atoms with van der Waals surface area (Å²) in [5.74, 6) is 1.26. The largest absolute Gasteiger partial charge is 0.494 e. The number of nitrogens with one attached hydrogen (secondary N) is 1. The third kappa shape index (κ3) is 3.85. The highest BCUT2D eigenvalue weighted by molar-refractivity contribution is 6.00. The Morgan fingerprint density at radius 2 is 2.18 bits per heavy atom. The van der Waals surface area contributed by atoms with E-state index in [1.54, 1.807) is 13.3 Å². The van der Waals surface area contributed by atoms with Gasteiger partial charge in [0.05, 0.1) is 7.11 Å². The Labute approximate surface area is 164 Å². The molecule has 0 bridgehead atoms. The Bertz CT molecular complexity index is 980. The van der Waals surface area contributed by atoms with Gasteiger partial charge in [0, 0.05) is 36.9 Å². The van der Waals surface area contributed by atoms with E-state index in [-0.39, 0.29) is 5.91 Å². The van der Waals surface area contributed by atoms with Crippen LogP contribution in [0.5, 0.6) is 5.75 Å². The summed E-state index contributed by atoms with van der Waals surface area (Å²) in [6.07, 6.45) is 3.80. The van der Waals surface area contributed by atoms with Gasteiger partial charge in [0.15, 0.2) is 0 Å². The fourth-order valence-corrected chi connectivity index (χ4v) is 3.69. The van der Waals surface area contributed by atoms with Gasteiger partial charge in [-0.3, -0.25) is 9.78 Å². The van der Waals surface area contributed by atoms with Gasteiger partial charge in [0.25, 0.3) is 5.91 Å². The molecule has 1 amide bonds. The molecule has 2 aromatic carbocycles. The lowest BCUT2D eigenvalue weighted by atomic mass is 9.98. The molecule has 1 saturated heterocycles.